The second-order valence-electron chi connectivity index (χ2n) is 11.2. The number of aromatic nitrogens is 1. The van der Waals surface area contributed by atoms with Gasteiger partial charge in [0.25, 0.3) is 0 Å². The van der Waals surface area contributed by atoms with E-state index >= 15 is 0 Å². The Labute approximate surface area is 222 Å². The molecule has 6 nitrogen and oxygen atoms in total. The van der Waals surface area contributed by atoms with E-state index in [-0.39, 0.29) is 11.8 Å². The first-order chi connectivity index (χ1) is 18.0. The van der Waals surface area contributed by atoms with E-state index in [9.17, 15) is 9.59 Å². The van der Waals surface area contributed by atoms with Crippen molar-refractivity contribution < 1.29 is 9.59 Å². The van der Waals surface area contributed by atoms with Crippen molar-refractivity contribution >= 4 is 11.8 Å². The molecule has 2 amide bonds. The minimum Gasteiger partial charge on any atom is -0.342 e. The Morgan fingerprint density at radius 2 is 1.65 bits per heavy atom. The lowest BCUT2D eigenvalue weighted by Crippen LogP contribution is -2.73. The molecule has 6 heteroatoms. The van der Waals surface area contributed by atoms with Gasteiger partial charge < -0.3 is 15.1 Å². The average molecular weight is 505 g/mol. The number of amides is 2. The lowest BCUT2D eigenvalue weighted by atomic mass is 9.80. The molecule has 200 valence electrons. The normalized spacial score (nSPS) is 20.0. The Bertz CT molecular complexity index is 987. The molecule has 2 aromatic rings. The predicted octanol–water partition coefficient (Wildman–Crippen LogP) is 4.63. The molecule has 4 rings (SSSR count). The number of pyridine rings is 1. The van der Waals surface area contributed by atoms with Crippen LogP contribution in [0, 0.1) is 5.92 Å². The fourth-order valence-electron chi connectivity index (χ4n) is 5.91. The summed E-state index contributed by atoms with van der Waals surface area (Å²) in [4.78, 5) is 36.0. The Balaban J connectivity index is 1.30. The van der Waals surface area contributed by atoms with Crippen LogP contribution in [-0.2, 0) is 22.4 Å². The summed E-state index contributed by atoms with van der Waals surface area (Å²) < 4.78 is 0. The van der Waals surface area contributed by atoms with Crippen molar-refractivity contribution in [1.29, 1.82) is 0 Å². The van der Waals surface area contributed by atoms with Gasteiger partial charge >= 0.3 is 0 Å². The van der Waals surface area contributed by atoms with Crippen molar-refractivity contribution in [2.24, 2.45) is 5.92 Å². The number of aryl methyl sites for hydroxylation is 1. The summed E-state index contributed by atoms with van der Waals surface area (Å²) in [7, 11) is 0. The highest BCUT2D eigenvalue weighted by atomic mass is 16.2. The molecule has 1 N–H and O–H groups in total. The summed E-state index contributed by atoms with van der Waals surface area (Å²) in [5.41, 5.74) is 1.65. The van der Waals surface area contributed by atoms with Gasteiger partial charge in [-0.1, -0.05) is 63.1 Å². The first-order valence-corrected chi connectivity index (χ1v) is 14.3. The largest absolute Gasteiger partial charge is 0.342 e. The summed E-state index contributed by atoms with van der Waals surface area (Å²) >= 11 is 0. The van der Waals surface area contributed by atoms with Gasteiger partial charge in [0, 0.05) is 37.9 Å². The van der Waals surface area contributed by atoms with E-state index in [4.69, 9.17) is 0 Å². The van der Waals surface area contributed by atoms with Gasteiger partial charge in [-0.2, -0.15) is 0 Å². The van der Waals surface area contributed by atoms with E-state index in [1.165, 1.54) is 31.2 Å². The third kappa shape index (κ3) is 7.19. The Morgan fingerprint density at radius 3 is 2.35 bits per heavy atom. The van der Waals surface area contributed by atoms with Crippen LogP contribution in [0.15, 0.2) is 54.7 Å². The molecule has 2 aliphatic heterocycles. The van der Waals surface area contributed by atoms with Gasteiger partial charge in [0.15, 0.2) is 0 Å². The molecule has 1 aromatic heterocycles. The van der Waals surface area contributed by atoms with Crippen molar-refractivity contribution in [3.63, 3.8) is 0 Å². The molecule has 0 unspecified atom stereocenters. The van der Waals surface area contributed by atoms with Crippen LogP contribution >= 0.6 is 0 Å². The molecule has 0 aliphatic carbocycles. The van der Waals surface area contributed by atoms with Gasteiger partial charge in [0.1, 0.15) is 11.6 Å². The number of hydrogen-bond acceptors (Lipinski definition) is 4. The maximum atomic E-state index is 13.6. The van der Waals surface area contributed by atoms with E-state index in [1.54, 1.807) is 6.20 Å². The average Bonchev–Trinajstić information content (AvgIpc) is 2.91. The Kier molecular flexibility index (Phi) is 9.73. The number of nitrogens with one attached hydrogen (secondary N) is 1. The molecule has 0 bridgehead atoms. The number of rotatable bonds is 12. The lowest BCUT2D eigenvalue weighted by molar-refractivity contribution is -0.161. The highest BCUT2D eigenvalue weighted by Gasteiger charge is 2.53. The number of benzene rings is 1. The van der Waals surface area contributed by atoms with Crippen molar-refractivity contribution in [1.82, 2.24) is 20.1 Å². The highest BCUT2D eigenvalue weighted by Crippen LogP contribution is 2.34. The molecule has 1 atom stereocenters. The number of piperazine rings is 1. The van der Waals surface area contributed by atoms with Gasteiger partial charge in [0.2, 0.25) is 11.8 Å². The zero-order chi connectivity index (χ0) is 26.1. The number of likely N-dealkylation sites (tertiary alicyclic amines) is 1. The van der Waals surface area contributed by atoms with Crippen molar-refractivity contribution in [3.05, 3.63) is 66.0 Å². The molecule has 1 spiro atoms. The van der Waals surface area contributed by atoms with Crippen LogP contribution in [-0.4, -0.2) is 64.4 Å². The number of piperidine rings is 1. The molecular weight excluding hydrogens is 460 g/mol. The lowest BCUT2D eigenvalue weighted by Gasteiger charge is -2.52. The van der Waals surface area contributed by atoms with Crippen LogP contribution in [0.25, 0.3) is 0 Å². The maximum absolute atomic E-state index is 13.6. The van der Waals surface area contributed by atoms with Gasteiger partial charge in [-0.3, -0.25) is 14.6 Å². The minimum atomic E-state index is -0.731. The molecule has 37 heavy (non-hydrogen) atoms. The van der Waals surface area contributed by atoms with Gasteiger partial charge in [-0.15, -0.1) is 0 Å². The van der Waals surface area contributed by atoms with Crippen molar-refractivity contribution in [2.45, 2.75) is 83.2 Å². The van der Waals surface area contributed by atoms with Crippen LogP contribution in [0.5, 0.6) is 0 Å². The zero-order valence-corrected chi connectivity index (χ0v) is 22.7. The summed E-state index contributed by atoms with van der Waals surface area (Å²) in [5, 5.41) is 3.12. The number of carbonyl (C=O) groups excluding carboxylic acids is 2. The highest BCUT2D eigenvalue weighted by molar-refractivity contribution is 6.00. The number of nitrogens with zero attached hydrogens (tertiary/aromatic N) is 3. The van der Waals surface area contributed by atoms with Crippen molar-refractivity contribution in [2.75, 3.05) is 26.2 Å². The Hall–Kier alpha value is -2.73. The third-order valence-electron chi connectivity index (χ3n) is 8.05. The van der Waals surface area contributed by atoms with Crippen LogP contribution in [0.3, 0.4) is 0 Å². The molecule has 2 fully saturated rings. The summed E-state index contributed by atoms with van der Waals surface area (Å²) in [5.74, 6) is 0.464. The summed E-state index contributed by atoms with van der Waals surface area (Å²) in [6, 6.07) is 16.2. The maximum Gasteiger partial charge on any atom is 0.246 e. The molecule has 0 radical (unpaired) electrons. The molecule has 3 heterocycles. The predicted molar refractivity (Wildman–Crippen MR) is 148 cm³/mol. The fourth-order valence-corrected chi connectivity index (χ4v) is 5.91. The molecule has 1 aromatic carbocycles. The summed E-state index contributed by atoms with van der Waals surface area (Å²) in [6.07, 6.45) is 10.6. The van der Waals surface area contributed by atoms with E-state index in [1.807, 2.05) is 23.1 Å². The SMILES string of the molecule is CC(C)C[C@@H]1NC(=O)C2(CCN(CCCCCCc3ccccc3)CC2)N(CCc2ccccn2)C1=O. The van der Waals surface area contributed by atoms with Gasteiger partial charge in [-0.05, 0) is 68.7 Å². The van der Waals surface area contributed by atoms with E-state index < -0.39 is 11.6 Å². The second kappa shape index (κ2) is 13.2. The van der Waals surface area contributed by atoms with Crippen LogP contribution in [0.2, 0.25) is 0 Å². The quantitative estimate of drug-likeness (QED) is 0.428. The minimum absolute atomic E-state index is 0.0410. The van der Waals surface area contributed by atoms with E-state index in [2.05, 4.69) is 59.4 Å². The monoisotopic (exact) mass is 504 g/mol. The molecular formula is C31H44N4O2. The molecule has 2 saturated heterocycles. The molecule has 2 aliphatic rings. The van der Waals surface area contributed by atoms with E-state index in [0.717, 1.165) is 31.7 Å². The van der Waals surface area contributed by atoms with E-state index in [0.29, 0.717) is 38.1 Å². The fraction of sp³-hybridized carbons (Fsp3) is 0.581. The second-order valence-corrected chi connectivity index (χ2v) is 11.2. The van der Waals surface area contributed by atoms with Gasteiger partial charge in [-0.25, -0.2) is 0 Å². The third-order valence-corrected chi connectivity index (χ3v) is 8.05. The van der Waals surface area contributed by atoms with Gasteiger partial charge in [0.05, 0.1) is 0 Å². The smallest absolute Gasteiger partial charge is 0.246 e. The zero-order valence-electron chi connectivity index (χ0n) is 22.7. The summed E-state index contributed by atoms with van der Waals surface area (Å²) in [6.45, 7) is 7.53. The van der Waals surface area contributed by atoms with Crippen LogP contribution < -0.4 is 5.32 Å². The van der Waals surface area contributed by atoms with Crippen LogP contribution in [0.4, 0.5) is 0 Å². The standard InChI is InChI=1S/C31H44N4O2/c1-25(2)24-28-29(36)35(21-16-27-15-9-10-19-32-27)31(30(37)33-28)17-22-34(23-18-31)20-11-4-3-6-12-26-13-7-5-8-14-26/h5,7-10,13-15,19,25,28H,3-4,6,11-12,16-18,20-24H2,1-2H3,(H,33,37)/t28-/m0/s1. The molecule has 0 saturated carbocycles. The van der Waals surface area contributed by atoms with Crippen molar-refractivity contribution in [3.8, 4) is 0 Å². The Morgan fingerprint density at radius 1 is 0.919 bits per heavy atom. The first kappa shape index (κ1) is 27.3. The first-order valence-electron chi connectivity index (χ1n) is 14.3. The number of unbranched alkanes of at least 4 members (excludes halogenated alkanes) is 3. The number of carbonyl (C=O) groups is 2. The topological polar surface area (TPSA) is 65.5 Å². The number of hydrogen-bond donors (Lipinski definition) is 1. The van der Waals surface area contributed by atoms with Crippen LogP contribution in [0.1, 0.15) is 70.1 Å².